The molecule has 0 spiro atoms. The highest BCUT2D eigenvalue weighted by atomic mass is 35.5. The molecule has 1 aromatic rings. The normalized spacial score (nSPS) is 17.8. The summed E-state index contributed by atoms with van der Waals surface area (Å²) in [7, 11) is 0. The highest BCUT2D eigenvalue weighted by molar-refractivity contribution is 6.30. The highest BCUT2D eigenvalue weighted by Crippen LogP contribution is 2.33. The number of benzene rings is 1. The van der Waals surface area contributed by atoms with E-state index in [1.807, 2.05) is 12.1 Å². The van der Waals surface area contributed by atoms with Crippen LogP contribution in [0.15, 0.2) is 24.3 Å². The Balaban J connectivity index is 2.08. The smallest absolute Gasteiger partial charge is 0.0406 e. The molecule has 1 aliphatic rings. The molecule has 1 atom stereocenters. The van der Waals surface area contributed by atoms with Crippen molar-refractivity contribution in [2.75, 3.05) is 13.1 Å². The van der Waals surface area contributed by atoms with Crippen LogP contribution in [-0.2, 0) is 0 Å². The molecule has 16 heavy (non-hydrogen) atoms. The summed E-state index contributed by atoms with van der Waals surface area (Å²) < 4.78 is 0. The summed E-state index contributed by atoms with van der Waals surface area (Å²) in [6.07, 6.45) is 2.63. The number of nitrogens with two attached hydrogens (primary N) is 1. The minimum Gasteiger partial charge on any atom is -0.329 e. The Bertz CT molecular complexity index is 332. The van der Waals surface area contributed by atoms with Crippen LogP contribution in [0.3, 0.4) is 0 Å². The van der Waals surface area contributed by atoms with E-state index in [4.69, 9.17) is 17.3 Å². The Labute approximate surface area is 102 Å². The Morgan fingerprint density at radius 1 is 1.38 bits per heavy atom. The number of hydrogen-bond donors (Lipinski definition) is 1. The lowest BCUT2D eigenvalue weighted by Crippen LogP contribution is -2.33. The van der Waals surface area contributed by atoms with Gasteiger partial charge in [0.15, 0.2) is 0 Å². The van der Waals surface area contributed by atoms with Crippen molar-refractivity contribution in [2.24, 2.45) is 5.73 Å². The van der Waals surface area contributed by atoms with E-state index in [9.17, 15) is 0 Å². The van der Waals surface area contributed by atoms with Gasteiger partial charge in [0, 0.05) is 30.2 Å². The quantitative estimate of drug-likeness (QED) is 0.855. The third-order valence-electron chi connectivity index (χ3n) is 3.25. The zero-order chi connectivity index (χ0) is 11.5. The van der Waals surface area contributed by atoms with Crippen LogP contribution in [0.2, 0.25) is 5.02 Å². The van der Waals surface area contributed by atoms with Gasteiger partial charge in [-0.15, -0.1) is 0 Å². The van der Waals surface area contributed by atoms with Gasteiger partial charge in [-0.05, 0) is 37.5 Å². The van der Waals surface area contributed by atoms with Gasteiger partial charge in [0.1, 0.15) is 0 Å². The average molecular weight is 239 g/mol. The Morgan fingerprint density at radius 3 is 2.50 bits per heavy atom. The van der Waals surface area contributed by atoms with Crippen molar-refractivity contribution in [3.8, 4) is 0 Å². The first-order valence-corrected chi connectivity index (χ1v) is 6.31. The van der Waals surface area contributed by atoms with Crippen molar-refractivity contribution in [1.29, 1.82) is 0 Å². The topological polar surface area (TPSA) is 29.3 Å². The Morgan fingerprint density at radius 2 is 2.00 bits per heavy atom. The molecule has 0 aliphatic heterocycles. The van der Waals surface area contributed by atoms with Crippen molar-refractivity contribution in [3.63, 3.8) is 0 Å². The first kappa shape index (κ1) is 11.9. The minimum absolute atomic E-state index is 0.438. The molecule has 1 saturated carbocycles. The third kappa shape index (κ3) is 2.76. The summed E-state index contributed by atoms with van der Waals surface area (Å²) in [6, 6.07) is 9.32. The van der Waals surface area contributed by atoms with E-state index in [0.29, 0.717) is 6.04 Å². The Hall–Kier alpha value is -0.570. The molecular formula is C13H19ClN2. The Kier molecular flexibility index (Phi) is 3.85. The van der Waals surface area contributed by atoms with Gasteiger partial charge in [-0.25, -0.2) is 0 Å². The zero-order valence-electron chi connectivity index (χ0n) is 9.70. The van der Waals surface area contributed by atoms with Crippen LogP contribution in [-0.4, -0.2) is 24.0 Å². The first-order chi connectivity index (χ1) is 7.72. The number of halogens is 1. The average Bonchev–Trinajstić information content (AvgIpc) is 3.10. The van der Waals surface area contributed by atoms with Crippen molar-refractivity contribution in [1.82, 2.24) is 4.90 Å². The summed E-state index contributed by atoms with van der Waals surface area (Å²) in [4.78, 5) is 2.50. The molecule has 0 bridgehead atoms. The summed E-state index contributed by atoms with van der Waals surface area (Å²) in [5.41, 5.74) is 7.00. The predicted molar refractivity (Wildman–Crippen MR) is 68.6 cm³/mol. The molecule has 0 aromatic heterocycles. The van der Waals surface area contributed by atoms with Crippen LogP contribution in [0, 0.1) is 0 Å². The van der Waals surface area contributed by atoms with Crippen molar-refractivity contribution < 1.29 is 0 Å². The molecule has 3 heteroatoms. The van der Waals surface area contributed by atoms with Gasteiger partial charge in [-0.1, -0.05) is 23.7 Å². The van der Waals surface area contributed by atoms with Gasteiger partial charge < -0.3 is 5.73 Å². The van der Waals surface area contributed by atoms with E-state index in [0.717, 1.165) is 24.2 Å². The van der Waals surface area contributed by atoms with Crippen LogP contribution < -0.4 is 5.73 Å². The maximum atomic E-state index is 5.90. The molecule has 0 heterocycles. The van der Waals surface area contributed by atoms with Gasteiger partial charge in [0.05, 0.1) is 0 Å². The second-order valence-corrected chi connectivity index (χ2v) is 4.92. The van der Waals surface area contributed by atoms with E-state index in [-0.39, 0.29) is 0 Å². The van der Waals surface area contributed by atoms with Crippen LogP contribution in [0.25, 0.3) is 0 Å². The summed E-state index contributed by atoms with van der Waals surface area (Å²) in [5, 5.41) is 0.799. The molecule has 1 aliphatic carbocycles. The molecule has 2 N–H and O–H groups in total. The third-order valence-corrected chi connectivity index (χ3v) is 3.51. The predicted octanol–water partition coefficient (Wildman–Crippen LogP) is 2.82. The molecular weight excluding hydrogens is 220 g/mol. The zero-order valence-corrected chi connectivity index (χ0v) is 10.5. The fourth-order valence-electron chi connectivity index (χ4n) is 2.18. The summed E-state index contributed by atoms with van der Waals surface area (Å²) in [6.45, 7) is 3.96. The largest absolute Gasteiger partial charge is 0.329 e. The molecule has 1 aromatic carbocycles. The second kappa shape index (κ2) is 5.17. The molecule has 1 fully saturated rings. The van der Waals surface area contributed by atoms with Gasteiger partial charge in [0.25, 0.3) is 0 Å². The first-order valence-electron chi connectivity index (χ1n) is 5.93. The fraction of sp³-hybridized carbons (Fsp3) is 0.538. The van der Waals surface area contributed by atoms with Crippen LogP contribution in [0.1, 0.15) is 31.4 Å². The molecule has 0 saturated heterocycles. The monoisotopic (exact) mass is 238 g/mol. The van der Waals surface area contributed by atoms with Gasteiger partial charge in [0.2, 0.25) is 0 Å². The summed E-state index contributed by atoms with van der Waals surface area (Å²) >= 11 is 5.90. The maximum absolute atomic E-state index is 5.90. The SMILES string of the molecule is CC(c1ccc(Cl)cc1)N(CCN)C1CC1. The van der Waals surface area contributed by atoms with E-state index in [2.05, 4.69) is 24.0 Å². The van der Waals surface area contributed by atoms with E-state index in [1.165, 1.54) is 18.4 Å². The van der Waals surface area contributed by atoms with E-state index < -0.39 is 0 Å². The van der Waals surface area contributed by atoms with Crippen LogP contribution in [0.4, 0.5) is 0 Å². The van der Waals surface area contributed by atoms with Gasteiger partial charge >= 0.3 is 0 Å². The fourth-order valence-corrected chi connectivity index (χ4v) is 2.31. The lowest BCUT2D eigenvalue weighted by Gasteiger charge is -2.29. The van der Waals surface area contributed by atoms with Gasteiger partial charge in [-0.2, -0.15) is 0 Å². The standard InChI is InChI=1S/C13H19ClN2/c1-10(11-2-4-12(14)5-3-11)16(9-8-15)13-6-7-13/h2-5,10,13H,6-9,15H2,1H3. The number of nitrogens with zero attached hydrogens (tertiary/aromatic N) is 1. The summed E-state index contributed by atoms with van der Waals surface area (Å²) in [5.74, 6) is 0. The molecule has 1 unspecified atom stereocenters. The van der Waals surface area contributed by atoms with Gasteiger partial charge in [-0.3, -0.25) is 4.90 Å². The number of hydrogen-bond acceptors (Lipinski definition) is 2. The maximum Gasteiger partial charge on any atom is 0.0406 e. The van der Waals surface area contributed by atoms with E-state index in [1.54, 1.807) is 0 Å². The van der Waals surface area contributed by atoms with Crippen molar-refractivity contribution >= 4 is 11.6 Å². The molecule has 0 amide bonds. The lowest BCUT2D eigenvalue weighted by molar-refractivity contribution is 0.206. The van der Waals surface area contributed by atoms with Crippen molar-refractivity contribution in [3.05, 3.63) is 34.9 Å². The number of rotatable bonds is 5. The minimum atomic E-state index is 0.438. The highest BCUT2D eigenvalue weighted by Gasteiger charge is 2.31. The molecule has 88 valence electrons. The molecule has 2 rings (SSSR count). The van der Waals surface area contributed by atoms with E-state index >= 15 is 0 Å². The van der Waals surface area contributed by atoms with Crippen LogP contribution >= 0.6 is 11.6 Å². The second-order valence-electron chi connectivity index (χ2n) is 4.49. The molecule has 2 nitrogen and oxygen atoms in total. The lowest BCUT2D eigenvalue weighted by atomic mass is 10.1. The molecule has 0 radical (unpaired) electrons. The van der Waals surface area contributed by atoms with Crippen LogP contribution in [0.5, 0.6) is 0 Å². The van der Waals surface area contributed by atoms with Crippen molar-refractivity contribution in [2.45, 2.75) is 31.8 Å².